The standard InChI is InChI=1S/C27H25ClN2O4S/c1-17(26(31)29-14-19-16-33-22-11-5-6-12-23(22)34-19)25-27(32)30(15-18-8-2-3-9-20(18)28)21-10-4-7-13-24(21)35-25/h2-13,17,19,25H,14-16H2,1H3,(H,29,31)/t17-,19+,25+/m0/s1. The number of carbonyl (C=O) groups excluding carboxylic acids is 2. The van der Waals surface area contributed by atoms with Crippen molar-refractivity contribution >= 4 is 40.9 Å². The van der Waals surface area contributed by atoms with Crippen molar-refractivity contribution in [3.63, 3.8) is 0 Å². The molecule has 3 atom stereocenters. The number of halogens is 1. The number of carbonyl (C=O) groups is 2. The molecule has 0 saturated heterocycles. The third kappa shape index (κ3) is 4.97. The van der Waals surface area contributed by atoms with E-state index in [0.29, 0.717) is 36.2 Å². The molecule has 1 N–H and O–H groups in total. The maximum Gasteiger partial charge on any atom is 0.241 e. The molecule has 5 rings (SSSR count). The van der Waals surface area contributed by atoms with Gasteiger partial charge in [-0.3, -0.25) is 9.59 Å². The van der Waals surface area contributed by atoms with E-state index < -0.39 is 11.2 Å². The summed E-state index contributed by atoms with van der Waals surface area (Å²) in [5.41, 5.74) is 1.69. The molecule has 35 heavy (non-hydrogen) atoms. The fourth-order valence-electron chi connectivity index (χ4n) is 4.19. The predicted octanol–water partition coefficient (Wildman–Crippen LogP) is 4.94. The van der Waals surface area contributed by atoms with E-state index in [0.717, 1.165) is 16.1 Å². The van der Waals surface area contributed by atoms with Gasteiger partial charge in [0.05, 0.1) is 24.7 Å². The third-order valence-corrected chi connectivity index (χ3v) is 7.98. The van der Waals surface area contributed by atoms with E-state index in [9.17, 15) is 9.59 Å². The minimum atomic E-state index is -0.559. The average Bonchev–Trinajstić information content (AvgIpc) is 2.89. The SMILES string of the molecule is C[C@H](C(=O)NC[C@@H]1COc2ccccc2O1)[C@H]1Sc2ccccc2N(Cc2ccccc2Cl)C1=O. The summed E-state index contributed by atoms with van der Waals surface area (Å²) >= 11 is 7.82. The van der Waals surface area contributed by atoms with E-state index in [4.69, 9.17) is 21.1 Å². The minimum absolute atomic E-state index is 0.109. The molecule has 6 nitrogen and oxygen atoms in total. The Morgan fingerprint density at radius 1 is 1.09 bits per heavy atom. The van der Waals surface area contributed by atoms with Crippen LogP contribution in [0.1, 0.15) is 12.5 Å². The molecule has 0 bridgehead atoms. The highest BCUT2D eigenvalue weighted by atomic mass is 35.5. The van der Waals surface area contributed by atoms with Crippen molar-refractivity contribution in [3.8, 4) is 11.5 Å². The van der Waals surface area contributed by atoms with Crippen LogP contribution in [-0.2, 0) is 16.1 Å². The van der Waals surface area contributed by atoms with Crippen molar-refractivity contribution in [1.82, 2.24) is 5.32 Å². The summed E-state index contributed by atoms with van der Waals surface area (Å²) in [7, 11) is 0. The molecule has 0 saturated carbocycles. The highest BCUT2D eigenvalue weighted by Gasteiger charge is 2.39. The molecule has 2 heterocycles. The minimum Gasteiger partial charge on any atom is -0.486 e. The van der Waals surface area contributed by atoms with E-state index in [2.05, 4.69) is 5.32 Å². The van der Waals surface area contributed by atoms with Gasteiger partial charge in [-0.15, -0.1) is 11.8 Å². The topological polar surface area (TPSA) is 67.9 Å². The van der Waals surface area contributed by atoms with E-state index in [1.54, 1.807) is 11.8 Å². The van der Waals surface area contributed by atoms with Crippen molar-refractivity contribution < 1.29 is 19.1 Å². The third-order valence-electron chi connectivity index (χ3n) is 6.14. The van der Waals surface area contributed by atoms with Gasteiger partial charge in [0.2, 0.25) is 11.8 Å². The van der Waals surface area contributed by atoms with Crippen LogP contribution in [0.2, 0.25) is 5.02 Å². The molecule has 180 valence electrons. The summed E-state index contributed by atoms with van der Waals surface area (Å²) in [4.78, 5) is 29.4. The van der Waals surface area contributed by atoms with Crippen LogP contribution in [0.3, 0.4) is 0 Å². The summed E-state index contributed by atoms with van der Waals surface area (Å²) in [5, 5.41) is 3.00. The molecule has 0 fully saturated rings. The lowest BCUT2D eigenvalue weighted by Gasteiger charge is -2.36. The zero-order chi connectivity index (χ0) is 24.4. The van der Waals surface area contributed by atoms with Crippen LogP contribution >= 0.6 is 23.4 Å². The smallest absolute Gasteiger partial charge is 0.241 e. The molecule has 3 aromatic carbocycles. The maximum atomic E-state index is 13.6. The number of nitrogens with one attached hydrogen (secondary N) is 1. The fourth-order valence-corrected chi connectivity index (χ4v) is 5.67. The molecule has 0 radical (unpaired) electrons. The van der Waals surface area contributed by atoms with Crippen molar-refractivity contribution in [2.75, 3.05) is 18.1 Å². The summed E-state index contributed by atoms with van der Waals surface area (Å²) < 4.78 is 11.7. The highest BCUT2D eigenvalue weighted by molar-refractivity contribution is 8.01. The molecular weight excluding hydrogens is 484 g/mol. The number of nitrogens with zero attached hydrogens (tertiary/aromatic N) is 1. The molecule has 2 aliphatic heterocycles. The van der Waals surface area contributed by atoms with E-state index in [1.807, 2.05) is 72.8 Å². The predicted molar refractivity (Wildman–Crippen MR) is 137 cm³/mol. The lowest BCUT2D eigenvalue weighted by Crippen LogP contribution is -2.49. The molecule has 3 aromatic rings. The van der Waals surface area contributed by atoms with Crippen LogP contribution in [0.4, 0.5) is 5.69 Å². The zero-order valence-corrected chi connectivity index (χ0v) is 20.7. The Bertz CT molecular complexity index is 1250. The van der Waals surface area contributed by atoms with Crippen molar-refractivity contribution in [2.45, 2.75) is 29.7 Å². The second-order valence-electron chi connectivity index (χ2n) is 8.55. The number of amides is 2. The van der Waals surface area contributed by atoms with Gasteiger partial charge in [0.25, 0.3) is 0 Å². The van der Waals surface area contributed by atoms with Gasteiger partial charge in [-0.1, -0.05) is 61.0 Å². The second-order valence-corrected chi connectivity index (χ2v) is 10.1. The monoisotopic (exact) mass is 508 g/mol. The van der Waals surface area contributed by atoms with Gasteiger partial charge in [0, 0.05) is 9.92 Å². The van der Waals surface area contributed by atoms with Gasteiger partial charge in [0.1, 0.15) is 18.0 Å². The van der Waals surface area contributed by atoms with Gasteiger partial charge < -0.3 is 19.7 Å². The quantitative estimate of drug-likeness (QED) is 0.511. The molecule has 2 aliphatic rings. The molecule has 0 aliphatic carbocycles. The van der Waals surface area contributed by atoms with Crippen molar-refractivity contribution in [3.05, 3.63) is 83.4 Å². The van der Waals surface area contributed by atoms with Gasteiger partial charge in [-0.2, -0.15) is 0 Å². The maximum absolute atomic E-state index is 13.6. The van der Waals surface area contributed by atoms with Crippen LogP contribution in [-0.4, -0.2) is 36.3 Å². The first-order valence-electron chi connectivity index (χ1n) is 11.5. The number of rotatable bonds is 6. The Morgan fingerprint density at radius 2 is 1.80 bits per heavy atom. The number of benzene rings is 3. The van der Waals surface area contributed by atoms with Crippen LogP contribution in [0.5, 0.6) is 11.5 Å². The number of para-hydroxylation sites is 3. The summed E-state index contributed by atoms with van der Waals surface area (Å²) in [6.07, 6.45) is -0.298. The van der Waals surface area contributed by atoms with Crippen LogP contribution in [0.15, 0.2) is 77.7 Å². The number of thioether (sulfide) groups is 1. The number of fused-ring (bicyclic) bond motifs is 2. The van der Waals surface area contributed by atoms with Gasteiger partial charge >= 0.3 is 0 Å². The normalized spacial score (nSPS) is 19.6. The molecule has 8 heteroatoms. The van der Waals surface area contributed by atoms with Crippen molar-refractivity contribution in [1.29, 1.82) is 0 Å². The van der Waals surface area contributed by atoms with Gasteiger partial charge in [0.15, 0.2) is 11.5 Å². The number of hydrogen-bond donors (Lipinski definition) is 1. The molecule has 0 aromatic heterocycles. The van der Waals surface area contributed by atoms with Crippen LogP contribution in [0.25, 0.3) is 0 Å². The molecule has 2 amide bonds. The Balaban J connectivity index is 1.28. The van der Waals surface area contributed by atoms with E-state index >= 15 is 0 Å². The van der Waals surface area contributed by atoms with Crippen molar-refractivity contribution in [2.24, 2.45) is 5.92 Å². The first kappa shape index (κ1) is 23.6. The molecule has 0 spiro atoms. The van der Waals surface area contributed by atoms with Crippen LogP contribution in [0, 0.1) is 5.92 Å². The van der Waals surface area contributed by atoms with E-state index in [1.165, 1.54) is 11.8 Å². The summed E-state index contributed by atoms with van der Waals surface area (Å²) in [6, 6.07) is 22.7. The Labute approximate surface area is 213 Å². The lowest BCUT2D eigenvalue weighted by atomic mass is 10.0. The molecular formula is C27H25ClN2O4S. The number of anilines is 1. The average molecular weight is 509 g/mol. The first-order chi connectivity index (χ1) is 17.0. The van der Waals surface area contributed by atoms with Gasteiger partial charge in [-0.25, -0.2) is 0 Å². The molecule has 0 unspecified atom stereocenters. The second kappa shape index (κ2) is 10.2. The highest BCUT2D eigenvalue weighted by Crippen LogP contribution is 2.42. The van der Waals surface area contributed by atoms with Gasteiger partial charge in [-0.05, 0) is 35.9 Å². The van der Waals surface area contributed by atoms with Crippen LogP contribution < -0.4 is 19.7 Å². The van der Waals surface area contributed by atoms with E-state index in [-0.39, 0.29) is 17.9 Å². The number of hydrogen-bond acceptors (Lipinski definition) is 5. The largest absolute Gasteiger partial charge is 0.486 e. The Morgan fingerprint density at radius 3 is 2.63 bits per heavy atom. The Hall–Kier alpha value is -3.16. The summed E-state index contributed by atoms with van der Waals surface area (Å²) in [5.74, 6) is 0.505. The zero-order valence-electron chi connectivity index (χ0n) is 19.1. The first-order valence-corrected chi connectivity index (χ1v) is 12.7. The number of ether oxygens (including phenoxy) is 2. The lowest BCUT2D eigenvalue weighted by molar-refractivity contribution is -0.128. The summed E-state index contributed by atoms with van der Waals surface area (Å²) in [6.45, 7) is 2.78. The Kier molecular flexibility index (Phi) is 6.88. The fraction of sp³-hybridized carbons (Fsp3) is 0.259.